The number of amides is 2. The fraction of sp³-hybridized carbons (Fsp3) is 0.333. The van der Waals surface area contributed by atoms with Crippen molar-refractivity contribution in [1.29, 1.82) is 0 Å². The molecule has 0 saturated heterocycles. The standard InChI is InChI=1S/C18H22N2O2S/c1-13-6-4-8-16(14(13)2)19-17(21)12-20(3)18(22)10-9-15-7-5-11-23-15/h4-8,11H,9-10,12H2,1-3H3,(H,19,21). The van der Waals surface area contributed by atoms with Crippen LogP contribution in [0, 0.1) is 13.8 Å². The van der Waals surface area contributed by atoms with Crippen LogP contribution in [0.3, 0.4) is 0 Å². The molecule has 2 rings (SSSR count). The lowest BCUT2D eigenvalue weighted by Gasteiger charge is -2.17. The minimum Gasteiger partial charge on any atom is -0.336 e. The topological polar surface area (TPSA) is 49.4 Å². The van der Waals surface area contributed by atoms with Crippen molar-refractivity contribution in [3.8, 4) is 0 Å². The second kappa shape index (κ2) is 7.92. The third-order valence-corrected chi connectivity index (χ3v) is 4.79. The lowest BCUT2D eigenvalue weighted by molar-refractivity contribution is -0.133. The molecule has 1 heterocycles. The number of carbonyl (C=O) groups excluding carboxylic acids is 2. The van der Waals surface area contributed by atoms with E-state index in [0.717, 1.165) is 23.2 Å². The molecule has 0 aliphatic rings. The summed E-state index contributed by atoms with van der Waals surface area (Å²) in [5.41, 5.74) is 2.98. The maximum Gasteiger partial charge on any atom is 0.243 e. The Morgan fingerprint density at radius 2 is 1.96 bits per heavy atom. The Hall–Kier alpha value is -2.14. The van der Waals surface area contributed by atoms with E-state index in [4.69, 9.17) is 0 Å². The third kappa shape index (κ3) is 4.93. The van der Waals surface area contributed by atoms with Crippen LogP contribution in [0.2, 0.25) is 0 Å². The highest BCUT2D eigenvalue weighted by Gasteiger charge is 2.14. The highest BCUT2D eigenvalue weighted by atomic mass is 32.1. The van der Waals surface area contributed by atoms with E-state index in [1.54, 1.807) is 18.4 Å². The molecular weight excluding hydrogens is 308 g/mol. The van der Waals surface area contributed by atoms with E-state index in [1.165, 1.54) is 9.78 Å². The average Bonchev–Trinajstić information content (AvgIpc) is 3.02. The van der Waals surface area contributed by atoms with Gasteiger partial charge in [0.05, 0.1) is 6.54 Å². The third-order valence-electron chi connectivity index (χ3n) is 3.85. The summed E-state index contributed by atoms with van der Waals surface area (Å²) in [7, 11) is 1.67. The molecule has 1 aromatic carbocycles. The Labute approximate surface area is 141 Å². The lowest BCUT2D eigenvalue weighted by atomic mass is 10.1. The van der Waals surface area contributed by atoms with Crippen molar-refractivity contribution < 1.29 is 9.59 Å². The Balaban J connectivity index is 1.84. The lowest BCUT2D eigenvalue weighted by Crippen LogP contribution is -2.35. The molecule has 0 spiro atoms. The number of nitrogens with one attached hydrogen (secondary N) is 1. The van der Waals surface area contributed by atoms with Gasteiger partial charge in [-0.2, -0.15) is 0 Å². The van der Waals surface area contributed by atoms with Crippen LogP contribution in [0.5, 0.6) is 0 Å². The molecule has 122 valence electrons. The van der Waals surface area contributed by atoms with E-state index in [9.17, 15) is 9.59 Å². The maximum absolute atomic E-state index is 12.1. The summed E-state index contributed by atoms with van der Waals surface area (Å²) in [6, 6.07) is 9.79. The zero-order valence-electron chi connectivity index (χ0n) is 13.8. The fourth-order valence-corrected chi connectivity index (χ4v) is 2.96. The second-order valence-electron chi connectivity index (χ2n) is 5.62. The molecule has 0 radical (unpaired) electrons. The van der Waals surface area contributed by atoms with Crippen molar-refractivity contribution in [3.63, 3.8) is 0 Å². The molecule has 0 atom stereocenters. The van der Waals surface area contributed by atoms with Gasteiger partial charge in [0.1, 0.15) is 0 Å². The number of thiophene rings is 1. The summed E-state index contributed by atoms with van der Waals surface area (Å²) < 4.78 is 0. The molecule has 2 amide bonds. The number of rotatable bonds is 6. The Bertz CT molecular complexity index is 680. The minimum atomic E-state index is -0.175. The second-order valence-corrected chi connectivity index (χ2v) is 6.66. The molecule has 0 bridgehead atoms. The van der Waals surface area contributed by atoms with Gasteiger partial charge in [-0.15, -0.1) is 11.3 Å². The number of benzene rings is 1. The van der Waals surface area contributed by atoms with E-state index in [1.807, 2.05) is 49.6 Å². The number of hydrogen-bond acceptors (Lipinski definition) is 3. The first-order valence-corrected chi connectivity index (χ1v) is 8.47. The molecule has 0 saturated carbocycles. The molecule has 0 fully saturated rings. The highest BCUT2D eigenvalue weighted by Crippen LogP contribution is 2.18. The molecule has 2 aromatic rings. The van der Waals surface area contributed by atoms with Crippen molar-refractivity contribution in [2.75, 3.05) is 18.9 Å². The van der Waals surface area contributed by atoms with Crippen LogP contribution >= 0.6 is 11.3 Å². The van der Waals surface area contributed by atoms with Crippen molar-refractivity contribution in [2.45, 2.75) is 26.7 Å². The summed E-state index contributed by atoms with van der Waals surface area (Å²) in [6.07, 6.45) is 1.15. The van der Waals surface area contributed by atoms with Gasteiger partial charge in [-0.3, -0.25) is 9.59 Å². The fourth-order valence-electron chi connectivity index (χ4n) is 2.26. The first-order chi connectivity index (χ1) is 11.0. The maximum atomic E-state index is 12.1. The van der Waals surface area contributed by atoms with Gasteiger partial charge in [-0.25, -0.2) is 0 Å². The van der Waals surface area contributed by atoms with Gasteiger partial charge < -0.3 is 10.2 Å². The minimum absolute atomic E-state index is 0.0190. The van der Waals surface area contributed by atoms with Gasteiger partial charge >= 0.3 is 0 Å². The predicted octanol–water partition coefficient (Wildman–Crippen LogP) is 3.39. The monoisotopic (exact) mass is 330 g/mol. The van der Waals surface area contributed by atoms with Crippen LogP contribution in [0.15, 0.2) is 35.7 Å². The largest absolute Gasteiger partial charge is 0.336 e. The highest BCUT2D eigenvalue weighted by molar-refractivity contribution is 7.09. The van der Waals surface area contributed by atoms with Crippen LogP contribution in [0.25, 0.3) is 0 Å². The van der Waals surface area contributed by atoms with E-state index < -0.39 is 0 Å². The first-order valence-electron chi connectivity index (χ1n) is 7.60. The molecule has 23 heavy (non-hydrogen) atoms. The molecule has 1 N–H and O–H groups in total. The van der Waals surface area contributed by atoms with Crippen molar-refractivity contribution in [3.05, 3.63) is 51.7 Å². The summed E-state index contributed by atoms with van der Waals surface area (Å²) in [5, 5.41) is 4.88. The number of likely N-dealkylation sites (N-methyl/N-ethyl adjacent to an activating group) is 1. The van der Waals surface area contributed by atoms with Crippen molar-refractivity contribution >= 4 is 28.8 Å². The normalized spacial score (nSPS) is 10.4. The molecule has 0 aliphatic carbocycles. The van der Waals surface area contributed by atoms with Crippen LogP contribution in [-0.4, -0.2) is 30.3 Å². The van der Waals surface area contributed by atoms with Crippen molar-refractivity contribution in [2.24, 2.45) is 0 Å². The van der Waals surface area contributed by atoms with E-state index >= 15 is 0 Å². The number of nitrogens with zero attached hydrogens (tertiary/aromatic N) is 1. The van der Waals surface area contributed by atoms with Crippen LogP contribution < -0.4 is 5.32 Å². The number of anilines is 1. The van der Waals surface area contributed by atoms with Crippen LogP contribution in [0.1, 0.15) is 22.4 Å². The quantitative estimate of drug-likeness (QED) is 0.882. The zero-order valence-corrected chi connectivity index (χ0v) is 14.6. The van der Waals surface area contributed by atoms with Gasteiger partial charge in [0.25, 0.3) is 0 Å². The summed E-state index contributed by atoms with van der Waals surface area (Å²) >= 11 is 1.65. The van der Waals surface area contributed by atoms with Crippen molar-refractivity contribution in [1.82, 2.24) is 4.90 Å². The summed E-state index contributed by atoms with van der Waals surface area (Å²) in [4.78, 5) is 26.9. The van der Waals surface area contributed by atoms with Gasteiger partial charge in [0.2, 0.25) is 11.8 Å². The summed E-state index contributed by atoms with van der Waals surface area (Å²) in [5.74, 6) is -0.194. The zero-order chi connectivity index (χ0) is 16.8. The number of hydrogen-bond donors (Lipinski definition) is 1. The van der Waals surface area contributed by atoms with E-state index in [0.29, 0.717) is 6.42 Å². The molecule has 5 heteroatoms. The molecule has 0 aliphatic heterocycles. The van der Waals surface area contributed by atoms with Crippen LogP contribution in [0.4, 0.5) is 5.69 Å². The Kier molecular flexibility index (Phi) is 5.93. The number of carbonyl (C=O) groups is 2. The molecule has 0 unspecified atom stereocenters. The van der Waals surface area contributed by atoms with Gasteiger partial charge in [-0.1, -0.05) is 18.2 Å². The molecular formula is C18H22N2O2S. The smallest absolute Gasteiger partial charge is 0.243 e. The Morgan fingerprint density at radius 1 is 1.17 bits per heavy atom. The number of aryl methyl sites for hydroxylation is 2. The SMILES string of the molecule is Cc1cccc(NC(=O)CN(C)C(=O)CCc2cccs2)c1C. The molecule has 4 nitrogen and oxygen atoms in total. The first kappa shape index (κ1) is 17.2. The Morgan fingerprint density at radius 3 is 2.65 bits per heavy atom. The van der Waals surface area contributed by atoms with Crippen LogP contribution in [-0.2, 0) is 16.0 Å². The van der Waals surface area contributed by atoms with Gasteiger partial charge in [0.15, 0.2) is 0 Å². The van der Waals surface area contributed by atoms with Gasteiger partial charge in [-0.05, 0) is 48.9 Å². The average molecular weight is 330 g/mol. The van der Waals surface area contributed by atoms with E-state index in [-0.39, 0.29) is 18.4 Å². The van der Waals surface area contributed by atoms with Gasteiger partial charge in [0, 0.05) is 24.0 Å². The summed E-state index contributed by atoms with van der Waals surface area (Å²) in [6.45, 7) is 4.04. The van der Waals surface area contributed by atoms with E-state index in [2.05, 4.69) is 5.32 Å². The predicted molar refractivity (Wildman–Crippen MR) is 94.8 cm³/mol. The molecule has 1 aromatic heterocycles.